The first kappa shape index (κ1) is 9.37. The van der Waals surface area contributed by atoms with Gasteiger partial charge in [0.1, 0.15) is 0 Å². The van der Waals surface area contributed by atoms with Gasteiger partial charge in [0.05, 0.1) is 0 Å². The minimum atomic E-state index is 0.103. The SMILES string of the molecule is CC(C)(C)/C(=C\C=N)CN. The van der Waals surface area contributed by atoms with Crippen LogP contribution in [-0.2, 0) is 0 Å². The molecule has 0 spiro atoms. The molecule has 58 valence electrons. The van der Waals surface area contributed by atoms with Gasteiger partial charge in [0.15, 0.2) is 0 Å². The zero-order valence-electron chi connectivity index (χ0n) is 6.94. The Balaban J connectivity index is 4.35. The van der Waals surface area contributed by atoms with Gasteiger partial charge in [-0.05, 0) is 17.1 Å². The molecule has 10 heavy (non-hydrogen) atoms. The van der Waals surface area contributed by atoms with Gasteiger partial charge < -0.3 is 11.1 Å². The van der Waals surface area contributed by atoms with Gasteiger partial charge in [0.2, 0.25) is 0 Å². The first-order chi connectivity index (χ1) is 4.52. The lowest BCUT2D eigenvalue weighted by Crippen LogP contribution is -2.17. The van der Waals surface area contributed by atoms with Gasteiger partial charge in [-0.1, -0.05) is 20.8 Å². The third-order valence-corrected chi connectivity index (χ3v) is 1.47. The monoisotopic (exact) mass is 140 g/mol. The van der Waals surface area contributed by atoms with E-state index in [9.17, 15) is 0 Å². The molecule has 0 aliphatic carbocycles. The molecule has 0 unspecified atom stereocenters. The predicted octanol–water partition coefficient (Wildman–Crippen LogP) is 1.57. The largest absolute Gasteiger partial charge is 0.327 e. The zero-order valence-corrected chi connectivity index (χ0v) is 6.94. The van der Waals surface area contributed by atoms with Gasteiger partial charge in [-0.15, -0.1) is 0 Å². The van der Waals surface area contributed by atoms with E-state index in [4.69, 9.17) is 11.1 Å². The lowest BCUT2D eigenvalue weighted by Gasteiger charge is -2.20. The van der Waals surface area contributed by atoms with E-state index in [0.717, 1.165) is 5.57 Å². The molecule has 0 fully saturated rings. The van der Waals surface area contributed by atoms with Crippen molar-refractivity contribution in [1.29, 1.82) is 5.41 Å². The summed E-state index contributed by atoms with van der Waals surface area (Å²) in [5.41, 5.74) is 6.69. The van der Waals surface area contributed by atoms with Gasteiger partial charge in [0, 0.05) is 12.8 Å². The molecule has 0 aromatic carbocycles. The molecule has 0 rings (SSSR count). The van der Waals surface area contributed by atoms with Crippen molar-refractivity contribution < 1.29 is 0 Å². The molecule has 0 aliphatic heterocycles. The second kappa shape index (κ2) is 3.52. The molecule has 0 radical (unpaired) electrons. The van der Waals surface area contributed by atoms with Crippen molar-refractivity contribution in [3.05, 3.63) is 11.6 Å². The Morgan fingerprint density at radius 1 is 1.50 bits per heavy atom. The van der Waals surface area contributed by atoms with Gasteiger partial charge in [0.25, 0.3) is 0 Å². The molecule has 0 bridgehead atoms. The summed E-state index contributed by atoms with van der Waals surface area (Å²) in [6.45, 7) is 6.82. The van der Waals surface area contributed by atoms with E-state index in [1.807, 2.05) is 0 Å². The summed E-state index contributed by atoms with van der Waals surface area (Å²) in [6.07, 6.45) is 3.05. The van der Waals surface area contributed by atoms with Crippen LogP contribution in [0.2, 0.25) is 0 Å². The van der Waals surface area contributed by atoms with Crippen LogP contribution in [0.1, 0.15) is 20.8 Å². The number of nitrogens with two attached hydrogens (primary N) is 1. The van der Waals surface area contributed by atoms with Crippen molar-refractivity contribution in [3.63, 3.8) is 0 Å². The maximum Gasteiger partial charge on any atom is 0.0177 e. The van der Waals surface area contributed by atoms with E-state index in [0.29, 0.717) is 6.54 Å². The quantitative estimate of drug-likeness (QED) is 0.562. The summed E-state index contributed by atoms with van der Waals surface area (Å²) < 4.78 is 0. The van der Waals surface area contributed by atoms with Gasteiger partial charge in [-0.3, -0.25) is 0 Å². The highest BCUT2D eigenvalue weighted by Gasteiger charge is 2.13. The molecule has 0 saturated heterocycles. The smallest absolute Gasteiger partial charge is 0.0177 e. The van der Waals surface area contributed by atoms with Crippen LogP contribution in [0, 0.1) is 10.8 Å². The number of allylic oxidation sites excluding steroid dienone is 1. The maximum atomic E-state index is 6.86. The van der Waals surface area contributed by atoms with Crippen LogP contribution in [0.4, 0.5) is 0 Å². The fraction of sp³-hybridized carbons (Fsp3) is 0.625. The van der Waals surface area contributed by atoms with Crippen LogP contribution in [0.15, 0.2) is 11.6 Å². The fourth-order valence-electron chi connectivity index (χ4n) is 0.725. The predicted molar refractivity (Wildman–Crippen MR) is 45.4 cm³/mol. The molecule has 2 heteroatoms. The summed E-state index contributed by atoms with van der Waals surface area (Å²) in [5.74, 6) is 0. The van der Waals surface area contributed by atoms with Crippen molar-refractivity contribution in [2.24, 2.45) is 11.1 Å². The van der Waals surface area contributed by atoms with Crippen molar-refractivity contribution >= 4 is 6.21 Å². The highest BCUT2D eigenvalue weighted by Crippen LogP contribution is 2.23. The summed E-state index contributed by atoms with van der Waals surface area (Å²) in [6, 6.07) is 0. The normalized spacial score (nSPS) is 13.4. The second-order valence-corrected chi connectivity index (χ2v) is 3.31. The third kappa shape index (κ3) is 2.78. The number of rotatable bonds is 2. The van der Waals surface area contributed by atoms with E-state index >= 15 is 0 Å². The maximum absolute atomic E-state index is 6.86. The van der Waals surface area contributed by atoms with Crippen molar-refractivity contribution in [3.8, 4) is 0 Å². The van der Waals surface area contributed by atoms with Crippen LogP contribution in [0.3, 0.4) is 0 Å². The molecule has 0 atom stereocenters. The van der Waals surface area contributed by atoms with Crippen LogP contribution in [-0.4, -0.2) is 12.8 Å². The minimum absolute atomic E-state index is 0.103. The summed E-state index contributed by atoms with van der Waals surface area (Å²) in [4.78, 5) is 0. The summed E-state index contributed by atoms with van der Waals surface area (Å²) in [7, 11) is 0. The Morgan fingerprint density at radius 3 is 2.10 bits per heavy atom. The van der Waals surface area contributed by atoms with Crippen molar-refractivity contribution in [2.75, 3.05) is 6.54 Å². The Bertz CT molecular complexity index is 140. The van der Waals surface area contributed by atoms with Crippen LogP contribution >= 0.6 is 0 Å². The molecule has 0 saturated carbocycles. The zero-order chi connectivity index (χ0) is 8.20. The van der Waals surface area contributed by atoms with E-state index in [-0.39, 0.29) is 5.41 Å². The Morgan fingerprint density at radius 2 is 2.00 bits per heavy atom. The summed E-state index contributed by atoms with van der Waals surface area (Å²) in [5, 5.41) is 6.86. The van der Waals surface area contributed by atoms with Gasteiger partial charge in [-0.2, -0.15) is 0 Å². The Kier molecular flexibility index (Phi) is 3.30. The average Bonchev–Trinajstić information content (AvgIpc) is 1.80. The standard InChI is InChI=1S/C8H16N2/c1-8(2,3)7(6-10)4-5-9/h4-5,9H,6,10H2,1-3H3/b7-4-,9-5?. The van der Waals surface area contributed by atoms with Crippen LogP contribution in [0.25, 0.3) is 0 Å². The minimum Gasteiger partial charge on any atom is -0.327 e. The molecule has 0 aromatic heterocycles. The van der Waals surface area contributed by atoms with E-state index in [2.05, 4.69) is 20.8 Å². The Hall–Kier alpha value is -0.630. The van der Waals surface area contributed by atoms with Crippen LogP contribution in [0.5, 0.6) is 0 Å². The number of hydrogen-bond donors (Lipinski definition) is 2. The number of hydrogen-bond acceptors (Lipinski definition) is 2. The molecule has 0 aromatic rings. The van der Waals surface area contributed by atoms with Crippen molar-refractivity contribution in [1.82, 2.24) is 0 Å². The highest BCUT2D eigenvalue weighted by molar-refractivity contribution is 5.69. The second-order valence-electron chi connectivity index (χ2n) is 3.31. The molecule has 2 nitrogen and oxygen atoms in total. The fourth-order valence-corrected chi connectivity index (χ4v) is 0.725. The topological polar surface area (TPSA) is 49.9 Å². The van der Waals surface area contributed by atoms with E-state index in [1.54, 1.807) is 6.08 Å². The first-order valence-electron chi connectivity index (χ1n) is 3.42. The van der Waals surface area contributed by atoms with E-state index in [1.165, 1.54) is 6.21 Å². The van der Waals surface area contributed by atoms with Crippen LogP contribution < -0.4 is 5.73 Å². The third-order valence-electron chi connectivity index (χ3n) is 1.47. The average molecular weight is 140 g/mol. The number of nitrogens with one attached hydrogen (secondary N) is 1. The van der Waals surface area contributed by atoms with E-state index < -0.39 is 0 Å². The molecular weight excluding hydrogens is 124 g/mol. The lowest BCUT2D eigenvalue weighted by atomic mass is 9.86. The Labute approximate surface area is 62.6 Å². The van der Waals surface area contributed by atoms with Gasteiger partial charge >= 0.3 is 0 Å². The molecule has 3 N–H and O–H groups in total. The lowest BCUT2D eigenvalue weighted by molar-refractivity contribution is 0.496. The highest BCUT2D eigenvalue weighted by atomic mass is 14.5. The van der Waals surface area contributed by atoms with Gasteiger partial charge in [-0.25, -0.2) is 0 Å². The molecule has 0 aliphatic rings. The molecule has 0 amide bonds. The first-order valence-corrected chi connectivity index (χ1v) is 3.42. The van der Waals surface area contributed by atoms with Crippen molar-refractivity contribution in [2.45, 2.75) is 20.8 Å². The summed E-state index contributed by atoms with van der Waals surface area (Å²) >= 11 is 0. The molecule has 0 heterocycles. The molecular formula is C8H16N2.